The molecule has 0 aromatic carbocycles. The zero-order valence-corrected chi connectivity index (χ0v) is 7.24. The average Bonchev–Trinajstić information content (AvgIpc) is 1.83. The number of hydrogen-bond donors (Lipinski definition) is 1. The summed E-state index contributed by atoms with van der Waals surface area (Å²) in [6.07, 6.45) is 0. The van der Waals surface area contributed by atoms with Crippen molar-refractivity contribution in [3.63, 3.8) is 0 Å². The Bertz CT molecular complexity index is 172. The molecule has 0 amide bonds. The molecule has 1 N–H and O–H groups in total. The van der Waals surface area contributed by atoms with E-state index in [4.69, 9.17) is 0 Å². The van der Waals surface area contributed by atoms with Gasteiger partial charge in [0, 0.05) is 13.1 Å². The molecular formula is C8H14F2N2. The number of halogens is 2. The van der Waals surface area contributed by atoms with Gasteiger partial charge in [-0.25, -0.2) is 8.78 Å². The van der Waals surface area contributed by atoms with Gasteiger partial charge >= 0.3 is 0 Å². The fraction of sp³-hybridized carbons (Fsp3) is 0.750. The van der Waals surface area contributed by atoms with E-state index in [-0.39, 0.29) is 13.1 Å². The van der Waals surface area contributed by atoms with Gasteiger partial charge in [-0.2, -0.15) is 0 Å². The van der Waals surface area contributed by atoms with E-state index in [2.05, 4.69) is 11.9 Å². The predicted octanol–water partition coefficient (Wildman–Crippen LogP) is 0.713. The van der Waals surface area contributed by atoms with E-state index in [1.54, 1.807) is 4.90 Å². The monoisotopic (exact) mass is 176 g/mol. The van der Waals surface area contributed by atoms with Gasteiger partial charge in [0.1, 0.15) is 0 Å². The first-order valence-corrected chi connectivity index (χ1v) is 3.95. The lowest BCUT2D eigenvalue weighted by Crippen LogP contribution is -2.49. The minimum absolute atomic E-state index is 0.160. The van der Waals surface area contributed by atoms with Crippen LogP contribution in [0.15, 0.2) is 12.2 Å². The van der Waals surface area contributed by atoms with Crippen LogP contribution in [-0.2, 0) is 0 Å². The fourth-order valence-corrected chi connectivity index (χ4v) is 1.34. The Morgan fingerprint density at radius 1 is 1.58 bits per heavy atom. The number of rotatable bonds is 4. The Balaban J connectivity index is 2.25. The second-order valence-corrected chi connectivity index (χ2v) is 3.28. The van der Waals surface area contributed by atoms with Crippen molar-refractivity contribution in [3.8, 4) is 0 Å². The van der Waals surface area contributed by atoms with Crippen LogP contribution < -0.4 is 5.32 Å². The van der Waals surface area contributed by atoms with Gasteiger partial charge in [-0.05, 0) is 12.6 Å². The van der Waals surface area contributed by atoms with Crippen LogP contribution in [0.25, 0.3) is 0 Å². The van der Waals surface area contributed by atoms with E-state index < -0.39 is 5.92 Å². The van der Waals surface area contributed by atoms with Crippen LogP contribution in [0.5, 0.6) is 0 Å². The molecule has 12 heavy (non-hydrogen) atoms. The van der Waals surface area contributed by atoms with Gasteiger partial charge in [0.25, 0.3) is 5.92 Å². The lowest BCUT2D eigenvalue weighted by molar-refractivity contribution is -0.0333. The number of nitrogens with one attached hydrogen (secondary N) is 1. The van der Waals surface area contributed by atoms with Gasteiger partial charge in [0.05, 0.1) is 13.1 Å². The summed E-state index contributed by atoms with van der Waals surface area (Å²) >= 11 is 0. The average molecular weight is 176 g/mol. The van der Waals surface area contributed by atoms with E-state index in [1.165, 1.54) is 7.05 Å². The molecule has 1 aliphatic heterocycles. The smallest absolute Gasteiger partial charge is 0.272 e. The Morgan fingerprint density at radius 2 is 2.17 bits per heavy atom. The van der Waals surface area contributed by atoms with Crippen molar-refractivity contribution in [1.29, 1.82) is 0 Å². The van der Waals surface area contributed by atoms with Crippen molar-refractivity contribution >= 4 is 0 Å². The number of nitrogens with zero attached hydrogens (tertiary/aromatic N) is 1. The van der Waals surface area contributed by atoms with Crippen LogP contribution in [0.2, 0.25) is 0 Å². The van der Waals surface area contributed by atoms with Crippen molar-refractivity contribution in [2.45, 2.75) is 5.92 Å². The first-order chi connectivity index (χ1) is 5.53. The maximum Gasteiger partial charge on any atom is 0.272 e. The molecule has 1 saturated heterocycles. The van der Waals surface area contributed by atoms with Crippen molar-refractivity contribution in [2.75, 3.05) is 33.2 Å². The molecule has 0 radical (unpaired) electrons. The fourth-order valence-electron chi connectivity index (χ4n) is 1.34. The van der Waals surface area contributed by atoms with Crippen LogP contribution in [0.1, 0.15) is 0 Å². The Morgan fingerprint density at radius 3 is 2.58 bits per heavy atom. The maximum atomic E-state index is 12.9. The molecule has 70 valence electrons. The second kappa shape index (κ2) is 3.49. The SMILES string of the molecule is C=C1CN(CC(F)(F)CNC)C1. The lowest BCUT2D eigenvalue weighted by Gasteiger charge is -2.35. The molecular weight excluding hydrogens is 162 g/mol. The van der Waals surface area contributed by atoms with Crippen molar-refractivity contribution in [3.05, 3.63) is 12.2 Å². The zero-order chi connectivity index (χ0) is 9.19. The minimum Gasteiger partial charge on any atom is -0.314 e. The van der Waals surface area contributed by atoms with Crippen molar-refractivity contribution < 1.29 is 8.78 Å². The molecule has 0 unspecified atom stereocenters. The van der Waals surface area contributed by atoms with Crippen LogP contribution in [-0.4, -0.2) is 44.0 Å². The summed E-state index contributed by atoms with van der Waals surface area (Å²) in [5.41, 5.74) is 1.04. The Kier molecular flexibility index (Phi) is 2.80. The first kappa shape index (κ1) is 9.61. The van der Waals surface area contributed by atoms with Crippen LogP contribution in [0, 0.1) is 0 Å². The Labute approximate surface area is 71.2 Å². The van der Waals surface area contributed by atoms with Crippen molar-refractivity contribution in [2.24, 2.45) is 0 Å². The molecule has 0 spiro atoms. The van der Waals surface area contributed by atoms with Gasteiger partial charge in [-0.1, -0.05) is 6.58 Å². The third-order valence-corrected chi connectivity index (χ3v) is 1.78. The summed E-state index contributed by atoms with van der Waals surface area (Å²) in [6.45, 7) is 4.52. The van der Waals surface area contributed by atoms with Gasteiger partial charge in [0.2, 0.25) is 0 Å². The molecule has 0 bridgehead atoms. The molecule has 0 aromatic heterocycles. The molecule has 1 heterocycles. The van der Waals surface area contributed by atoms with Crippen LogP contribution in [0.3, 0.4) is 0 Å². The third-order valence-electron chi connectivity index (χ3n) is 1.78. The van der Waals surface area contributed by atoms with Crippen LogP contribution >= 0.6 is 0 Å². The standard InChI is InChI=1S/C8H14F2N2/c1-7-3-12(4-7)6-8(9,10)5-11-2/h11H,1,3-6H2,2H3. The summed E-state index contributed by atoms with van der Waals surface area (Å²) in [4.78, 5) is 1.69. The summed E-state index contributed by atoms with van der Waals surface area (Å²) in [6, 6.07) is 0. The number of likely N-dealkylation sites (tertiary alicyclic amines) is 1. The number of alkyl halides is 2. The largest absolute Gasteiger partial charge is 0.314 e. The van der Waals surface area contributed by atoms with Crippen LogP contribution in [0.4, 0.5) is 8.78 Å². The molecule has 1 fully saturated rings. The lowest BCUT2D eigenvalue weighted by atomic mass is 10.1. The molecule has 0 atom stereocenters. The summed E-state index contributed by atoms with van der Waals surface area (Å²) < 4.78 is 25.8. The first-order valence-electron chi connectivity index (χ1n) is 3.95. The highest BCUT2D eigenvalue weighted by Crippen LogP contribution is 2.19. The predicted molar refractivity (Wildman–Crippen MR) is 44.5 cm³/mol. The molecule has 0 aliphatic carbocycles. The van der Waals surface area contributed by atoms with Gasteiger partial charge in [-0.3, -0.25) is 4.90 Å². The van der Waals surface area contributed by atoms with Gasteiger partial charge in [-0.15, -0.1) is 0 Å². The Hall–Kier alpha value is -0.480. The third kappa shape index (κ3) is 2.53. The molecule has 1 rings (SSSR count). The minimum atomic E-state index is -2.62. The molecule has 2 nitrogen and oxygen atoms in total. The normalized spacial score (nSPS) is 19.4. The van der Waals surface area contributed by atoms with E-state index >= 15 is 0 Å². The molecule has 4 heteroatoms. The zero-order valence-electron chi connectivity index (χ0n) is 7.24. The van der Waals surface area contributed by atoms with Gasteiger partial charge < -0.3 is 5.32 Å². The summed E-state index contributed by atoms with van der Waals surface area (Å²) in [5, 5.41) is 2.47. The van der Waals surface area contributed by atoms with E-state index in [1.807, 2.05) is 0 Å². The van der Waals surface area contributed by atoms with E-state index in [9.17, 15) is 8.78 Å². The topological polar surface area (TPSA) is 15.3 Å². The van der Waals surface area contributed by atoms with E-state index in [0.29, 0.717) is 13.1 Å². The highest BCUT2D eigenvalue weighted by atomic mass is 19.3. The molecule has 1 aliphatic rings. The summed E-state index contributed by atoms with van der Waals surface area (Å²) in [5.74, 6) is -2.62. The second-order valence-electron chi connectivity index (χ2n) is 3.28. The maximum absolute atomic E-state index is 12.9. The molecule has 0 saturated carbocycles. The highest BCUT2D eigenvalue weighted by molar-refractivity contribution is 5.10. The van der Waals surface area contributed by atoms with Crippen molar-refractivity contribution in [1.82, 2.24) is 10.2 Å². The van der Waals surface area contributed by atoms with E-state index in [0.717, 1.165) is 5.57 Å². The highest BCUT2D eigenvalue weighted by Gasteiger charge is 2.33. The number of hydrogen-bond acceptors (Lipinski definition) is 2. The molecule has 0 aromatic rings. The summed E-state index contributed by atoms with van der Waals surface area (Å²) in [7, 11) is 1.53. The quantitative estimate of drug-likeness (QED) is 0.635. The van der Waals surface area contributed by atoms with Gasteiger partial charge in [0.15, 0.2) is 0 Å².